The molecule has 1 aliphatic heterocycles. The molecule has 5 atom stereocenters. The Hall–Kier alpha value is -5.08. The number of carbonyl (C=O) groups excluding carboxylic acids is 3. The number of carbonyl (C=O) groups is 3. The zero-order chi connectivity index (χ0) is 39.9. The molecule has 4 aromatic rings. The Morgan fingerprint density at radius 3 is 2.31 bits per heavy atom. The molecule has 0 aliphatic carbocycles. The van der Waals surface area contributed by atoms with E-state index in [0.717, 1.165) is 16.9 Å². The number of hydrogen-bond donors (Lipinski definition) is 1. The van der Waals surface area contributed by atoms with Gasteiger partial charge in [-0.2, -0.15) is 0 Å². The van der Waals surface area contributed by atoms with Crippen LogP contribution < -0.4 is 10.1 Å². The fourth-order valence-electron chi connectivity index (χ4n) is 6.51. The average molecular weight is 763 g/mol. The van der Waals surface area contributed by atoms with Gasteiger partial charge in [0.15, 0.2) is 0 Å². The Morgan fingerprint density at radius 1 is 1.00 bits per heavy atom. The van der Waals surface area contributed by atoms with Crippen molar-refractivity contribution in [3.8, 4) is 5.75 Å². The highest BCUT2D eigenvalue weighted by Gasteiger charge is 2.42. The van der Waals surface area contributed by atoms with Gasteiger partial charge in [-0.1, -0.05) is 18.2 Å². The number of halogens is 2. The van der Waals surface area contributed by atoms with Crippen LogP contribution in [0, 0.1) is 11.6 Å². The van der Waals surface area contributed by atoms with E-state index in [9.17, 15) is 23.2 Å². The molecule has 2 aromatic carbocycles. The lowest BCUT2D eigenvalue weighted by atomic mass is 10.1. The molecule has 12 nitrogen and oxygen atoms in total. The minimum absolute atomic E-state index is 0.192. The van der Waals surface area contributed by atoms with Crippen LogP contribution in [0.15, 0.2) is 79.1 Å². The normalized spacial score (nSPS) is 17.5. The van der Waals surface area contributed by atoms with Crippen LogP contribution in [-0.2, 0) is 32.0 Å². The van der Waals surface area contributed by atoms with Gasteiger partial charge in [0.1, 0.15) is 46.8 Å². The van der Waals surface area contributed by atoms with Crippen LogP contribution in [-0.4, -0.2) is 112 Å². The highest BCUT2D eigenvalue weighted by Crippen LogP contribution is 2.27. The molecule has 3 heterocycles. The Bertz CT molecular complexity index is 1870. The summed E-state index contributed by atoms with van der Waals surface area (Å²) in [5.74, 6) is -1.17. The molecule has 5 rings (SSSR count). The third-order valence-corrected chi connectivity index (χ3v) is 9.72. The molecule has 296 valence electrons. The molecule has 1 fully saturated rings. The van der Waals surface area contributed by atoms with Crippen molar-refractivity contribution in [1.29, 1.82) is 0 Å². The number of hydrogen-bond acceptors (Lipinski definition) is 8. The van der Waals surface area contributed by atoms with Gasteiger partial charge in [0.2, 0.25) is 11.8 Å². The number of amides is 3. The van der Waals surface area contributed by atoms with E-state index in [2.05, 4.69) is 10.2 Å². The standard InChI is InChI=1S/C41H52F2N6O6/c1-27(46(6)40(52)55-41(3,4)5)38(50)45-37(28(2)53-7)39(51)49-26-35(54-34-17-15-31(43)16-18-34)22-33(49)25-47(21-19-29-11-13-30(42)14-12-29)23-32-24-48-20-9-8-10-36(48)44-32/h8-18,20,24,27-28,33,35,37H,19,21-23,25-26H2,1-7H3,(H,45,50). The number of imidazole rings is 1. The van der Waals surface area contributed by atoms with E-state index in [-0.39, 0.29) is 24.3 Å². The van der Waals surface area contributed by atoms with E-state index in [1.54, 1.807) is 63.8 Å². The van der Waals surface area contributed by atoms with Crippen LogP contribution >= 0.6 is 0 Å². The second kappa shape index (κ2) is 18.0. The molecule has 2 aromatic heterocycles. The number of rotatable bonds is 15. The molecule has 0 saturated carbocycles. The minimum Gasteiger partial charge on any atom is -0.489 e. The molecule has 1 N–H and O–H groups in total. The lowest BCUT2D eigenvalue weighted by Gasteiger charge is -2.35. The summed E-state index contributed by atoms with van der Waals surface area (Å²) >= 11 is 0. The number of benzene rings is 2. The highest BCUT2D eigenvalue weighted by molar-refractivity contribution is 5.91. The first-order valence-electron chi connectivity index (χ1n) is 18.5. The maximum Gasteiger partial charge on any atom is 0.410 e. The number of nitrogens with zero attached hydrogens (tertiary/aromatic N) is 5. The van der Waals surface area contributed by atoms with Crippen LogP contribution in [0.2, 0.25) is 0 Å². The molecular weight excluding hydrogens is 710 g/mol. The van der Waals surface area contributed by atoms with Crippen molar-refractivity contribution in [1.82, 2.24) is 29.4 Å². The molecule has 14 heteroatoms. The molecule has 1 saturated heterocycles. The van der Waals surface area contributed by atoms with Crippen molar-refractivity contribution < 1.29 is 37.4 Å². The fourth-order valence-corrected chi connectivity index (χ4v) is 6.51. The quantitative estimate of drug-likeness (QED) is 0.169. The van der Waals surface area contributed by atoms with Gasteiger partial charge in [-0.25, -0.2) is 18.6 Å². The van der Waals surface area contributed by atoms with Gasteiger partial charge in [0.25, 0.3) is 0 Å². The molecule has 55 heavy (non-hydrogen) atoms. The second-order valence-electron chi connectivity index (χ2n) is 15.1. The monoisotopic (exact) mass is 762 g/mol. The highest BCUT2D eigenvalue weighted by atomic mass is 19.1. The first-order valence-corrected chi connectivity index (χ1v) is 18.5. The summed E-state index contributed by atoms with van der Waals surface area (Å²) in [6, 6.07) is 15.5. The van der Waals surface area contributed by atoms with E-state index in [1.807, 2.05) is 35.0 Å². The lowest BCUT2D eigenvalue weighted by molar-refractivity contribution is -0.142. The van der Waals surface area contributed by atoms with Gasteiger partial charge in [-0.05, 0) is 95.1 Å². The van der Waals surface area contributed by atoms with Crippen LogP contribution in [0.25, 0.3) is 5.65 Å². The van der Waals surface area contributed by atoms with Crippen LogP contribution in [0.1, 0.15) is 52.3 Å². The number of likely N-dealkylation sites (N-methyl/N-ethyl adjacent to an activating group) is 1. The zero-order valence-electron chi connectivity index (χ0n) is 32.6. The Kier molecular flexibility index (Phi) is 13.5. The summed E-state index contributed by atoms with van der Waals surface area (Å²) in [6.45, 7) is 10.1. The molecule has 1 aliphatic rings. The lowest BCUT2D eigenvalue weighted by Crippen LogP contribution is -2.59. The van der Waals surface area contributed by atoms with Crippen LogP contribution in [0.4, 0.5) is 13.6 Å². The first kappa shape index (κ1) is 41.1. The van der Waals surface area contributed by atoms with Crippen molar-refractivity contribution in [2.75, 3.05) is 33.8 Å². The number of likely N-dealkylation sites (tertiary alicyclic amines) is 1. The van der Waals surface area contributed by atoms with Gasteiger partial charge in [0.05, 0.1) is 18.3 Å². The smallest absolute Gasteiger partial charge is 0.410 e. The van der Waals surface area contributed by atoms with Gasteiger partial charge < -0.3 is 28.8 Å². The number of fused-ring (bicyclic) bond motifs is 1. The largest absolute Gasteiger partial charge is 0.489 e. The predicted octanol–water partition coefficient (Wildman–Crippen LogP) is 5.48. The SMILES string of the molecule is COC(C)C(NC(=O)C(C)N(C)C(=O)OC(C)(C)C)C(=O)N1CC(Oc2ccc(F)cc2)CC1CN(CCc1ccc(F)cc1)Cc1cn2ccccc2n1. The summed E-state index contributed by atoms with van der Waals surface area (Å²) in [6.07, 6.45) is 3.11. The third-order valence-electron chi connectivity index (χ3n) is 9.72. The minimum atomic E-state index is -1.11. The first-order chi connectivity index (χ1) is 26.1. The predicted molar refractivity (Wildman–Crippen MR) is 203 cm³/mol. The summed E-state index contributed by atoms with van der Waals surface area (Å²) in [4.78, 5) is 51.0. The van der Waals surface area contributed by atoms with E-state index in [4.69, 9.17) is 19.2 Å². The third kappa shape index (κ3) is 11.2. The Balaban J connectivity index is 1.41. The molecular formula is C41H52F2N6O6. The second-order valence-corrected chi connectivity index (χ2v) is 15.1. The van der Waals surface area contributed by atoms with Gasteiger partial charge in [0, 0.05) is 58.6 Å². The molecule has 0 spiro atoms. The van der Waals surface area contributed by atoms with E-state index in [1.165, 1.54) is 43.3 Å². The summed E-state index contributed by atoms with van der Waals surface area (Å²) < 4.78 is 46.8. The average Bonchev–Trinajstić information content (AvgIpc) is 3.75. The van der Waals surface area contributed by atoms with Crippen molar-refractivity contribution in [2.24, 2.45) is 0 Å². The topological polar surface area (TPSA) is 118 Å². The number of pyridine rings is 1. The molecule has 5 unspecified atom stereocenters. The molecule has 0 bridgehead atoms. The van der Waals surface area contributed by atoms with Crippen molar-refractivity contribution in [3.05, 3.63) is 102 Å². The molecule has 0 radical (unpaired) electrons. The van der Waals surface area contributed by atoms with Crippen LogP contribution in [0.5, 0.6) is 5.75 Å². The van der Waals surface area contributed by atoms with E-state index >= 15 is 0 Å². The zero-order valence-corrected chi connectivity index (χ0v) is 32.6. The number of methoxy groups -OCH3 is 1. The number of ether oxygens (including phenoxy) is 3. The molecule has 3 amide bonds. The van der Waals surface area contributed by atoms with E-state index in [0.29, 0.717) is 38.2 Å². The Morgan fingerprint density at radius 2 is 1.67 bits per heavy atom. The van der Waals surface area contributed by atoms with Gasteiger partial charge in [-0.15, -0.1) is 0 Å². The summed E-state index contributed by atoms with van der Waals surface area (Å²) in [5, 5.41) is 2.85. The number of aromatic nitrogens is 2. The van der Waals surface area contributed by atoms with Gasteiger partial charge in [-0.3, -0.25) is 19.4 Å². The Labute approximate surface area is 321 Å². The maximum absolute atomic E-state index is 14.7. The number of nitrogens with one attached hydrogen (secondary N) is 1. The summed E-state index contributed by atoms with van der Waals surface area (Å²) in [7, 11) is 2.92. The van der Waals surface area contributed by atoms with E-state index < -0.39 is 47.7 Å². The summed E-state index contributed by atoms with van der Waals surface area (Å²) in [5.41, 5.74) is 1.84. The van der Waals surface area contributed by atoms with Crippen molar-refractivity contribution in [2.45, 2.75) is 89.9 Å². The van der Waals surface area contributed by atoms with Crippen LogP contribution in [0.3, 0.4) is 0 Å². The van der Waals surface area contributed by atoms with Crippen molar-refractivity contribution in [3.63, 3.8) is 0 Å². The van der Waals surface area contributed by atoms with Crippen molar-refractivity contribution >= 4 is 23.6 Å². The fraction of sp³-hybridized carbons (Fsp3) is 0.463. The van der Waals surface area contributed by atoms with Gasteiger partial charge >= 0.3 is 6.09 Å². The maximum atomic E-state index is 14.7.